The third-order valence-corrected chi connectivity index (χ3v) is 5.99. The van der Waals surface area contributed by atoms with E-state index in [1.54, 1.807) is 24.3 Å². The number of fused-ring (bicyclic) bond motifs is 1. The summed E-state index contributed by atoms with van der Waals surface area (Å²) in [5.41, 5.74) is 6.04. The molecule has 0 aliphatic rings. The highest BCUT2D eigenvalue weighted by Crippen LogP contribution is 2.34. The van der Waals surface area contributed by atoms with Crippen LogP contribution in [0.15, 0.2) is 77.8 Å². The van der Waals surface area contributed by atoms with E-state index in [2.05, 4.69) is 54.9 Å². The zero-order valence-electron chi connectivity index (χ0n) is 15.8. The monoisotopic (exact) mass is 388 g/mol. The molecule has 0 aliphatic carbocycles. The Labute approximate surface area is 168 Å². The van der Waals surface area contributed by atoms with Gasteiger partial charge in [-0.25, -0.2) is 0 Å². The number of para-hydroxylation sites is 1. The van der Waals surface area contributed by atoms with E-state index in [1.807, 2.05) is 23.9 Å². The Morgan fingerprint density at radius 2 is 1.75 bits per heavy atom. The van der Waals surface area contributed by atoms with Crippen molar-refractivity contribution in [1.29, 1.82) is 0 Å². The number of hydrogen-bond donors (Lipinski definition) is 0. The molecule has 0 atom stereocenters. The van der Waals surface area contributed by atoms with Crippen LogP contribution in [0.2, 0.25) is 0 Å². The molecule has 5 heteroatoms. The van der Waals surface area contributed by atoms with Gasteiger partial charge in [0.2, 0.25) is 0 Å². The molecule has 0 bridgehead atoms. The summed E-state index contributed by atoms with van der Waals surface area (Å²) in [6, 6.07) is 21.5. The third-order valence-electron chi connectivity index (χ3n) is 4.90. The Morgan fingerprint density at radius 1 is 1.00 bits per heavy atom. The first-order valence-electron chi connectivity index (χ1n) is 9.07. The van der Waals surface area contributed by atoms with Gasteiger partial charge in [-0.3, -0.25) is 10.1 Å². The lowest BCUT2D eigenvalue weighted by molar-refractivity contribution is -0.384. The lowest BCUT2D eigenvalue weighted by Gasteiger charge is -2.06. The summed E-state index contributed by atoms with van der Waals surface area (Å²) in [5, 5.41) is 12.1. The summed E-state index contributed by atoms with van der Waals surface area (Å²) in [6.07, 6.45) is 2.13. The Kier molecular flexibility index (Phi) is 4.92. The molecule has 3 aromatic carbocycles. The summed E-state index contributed by atoms with van der Waals surface area (Å²) >= 11 is 1.82. The van der Waals surface area contributed by atoms with Crippen molar-refractivity contribution in [2.75, 3.05) is 0 Å². The first kappa shape index (κ1) is 18.3. The Morgan fingerprint density at radius 3 is 2.50 bits per heavy atom. The predicted octanol–water partition coefficient (Wildman–Crippen LogP) is 6.45. The number of thioether (sulfide) groups is 1. The van der Waals surface area contributed by atoms with Crippen LogP contribution in [0.3, 0.4) is 0 Å². The third kappa shape index (κ3) is 3.53. The molecule has 0 N–H and O–H groups in total. The van der Waals surface area contributed by atoms with Crippen molar-refractivity contribution < 1.29 is 4.92 Å². The molecule has 1 heterocycles. The molecule has 4 aromatic rings. The average Bonchev–Trinajstić information content (AvgIpc) is 3.07. The molecule has 140 valence electrons. The molecule has 0 radical (unpaired) electrons. The second kappa shape index (κ2) is 7.52. The highest BCUT2D eigenvalue weighted by atomic mass is 32.2. The fourth-order valence-electron chi connectivity index (χ4n) is 3.32. The number of nitro groups is 1. The maximum Gasteiger partial charge on any atom is 0.269 e. The molecule has 0 amide bonds. The summed E-state index contributed by atoms with van der Waals surface area (Å²) in [7, 11) is 0. The maximum absolute atomic E-state index is 10.9. The van der Waals surface area contributed by atoms with Crippen LogP contribution in [0.25, 0.3) is 16.6 Å². The SMILES string of the molecule is Cc1ccc(C)c(CSc2cn(-c3ccc([N+](=O)[O-])cc3)c3ccccc23)c1. The molecule has 1 aromatic heterocycles. The van der Waals surface area contributed by atoms with Crippen LogP contribution in [0.5, 0.6) is 0 Å². The Balaban J connectivity index is 1.70. The average molecular weight is 388 g/mol. The lowest BCUT2D eigenvalue weighted by atomic mass is 10.1. The van der Waals surface area contributed by atoms with E-state index < -0.39 is 0 Å². The highest BCUT2D eigenvalue weighted by Gasteiger charge is 2.12. The van der Waals surface area contributed by atoms with E-state index in [0.29, 0.717) is 0 Å². The van der Waals surface area contributed by atoms with Gasteiger partial charge >= 0.3 is 0 Å². The quantitative estimate of drug-likeness (QED) is 0.224. The fraction of sp³-hybridized carbons (Fsp3) is 0.130. The molecular weight excluding hydrogens is 368 g/mol. The highest BCUT2D eigenvalue weighted by molar-refractivity contribution is 7.98. The number of aryl methyl sites for hydroxylation is 2. The van der Waals surface area contributed by atoms with Crippen LogP contribution in [-0.4, -0.2) is 9.49 Å². The van der Waals surface area contributed by atoms with Gasteiger partial charge in [0.25, 0.3) is 5.69 Å². The van der Waals surface area contributed by atoms with Crippen molar-refractivity contribution in [3.05, 3.63) is 99.7 Å². The number of non-ortho nitro benzene ring substituents is 1. The molecule has 4 nitrogen and oxygen atoms in total. The van der Waals surface area contributed by atoms with Gasteiger partial charge in [0.1, 0.15) is 0 Å². The molecule has 4 rings (SSSR count). The van der Waals surface area contributed by atoms with Crippen LogP contribution < -0.4 is 0 Å². The van der Waals surface area contributed by atoms with Gasteiger partial charge in [0, 0.05) is 40.1 Å². The van der Waals surface area contributed by atoms with Crippen molar-refractivity contribution in [3.8, 4) is 5.69 Å². The molecule has 0 fully saturated rings. The van der Waals surface area contributed by atoms with Gasteiger partial charge < -0.3 is 4.57 Å². The zero-order chi connectivity index (χ0) is 19.7. The summed E-state index contributed by atoms with van der Waals surface area (Å²) in [6.45, 7) is 4.27. The van der Waals surface area contributed by atoms with Gasteiger partial charge in [0.05, 0.1) is 10.4 Å². The van der Waals surface area contributed by atoms with E-state index in [-0.39, 0.29) is 10.6 Å². The van der Waals surface area contributed by atoms with E-state index in [0.717, 1.165) is 17.0 Å². The van der Waals surface area contributed by atoms with E-state index in [9.17, 15) is 10.1 Å². The minimum Gasteiger partial charge on any atom is -0.315 e. The number of hydrogen-bond acceptors (Lipinski definition) is 3. The van der Waals surface area contributed by atoms with E-state index in [1.165, 1.54) is 27.0 Å². The van der Waals surface area contributed by atoms with Crippen LogP contribution in [0.4, 0.5) is 5.69 Å². The largest absolute Gasteiger partial charge is 0.315 e. The van der Waals surface area contributed by atoms with Gasteiger partial charge in [-0.05, 0) is 43.2 Å². The second-order valence-corrected chi connectivity index (χ2v) is 7.89. The van der Waals surface area contributed by atoms with Gasteiger partial charge in [0.15, 0.2) is 0 Å². The summed E-state index contributed by atoms with van der Waals surface area (Å²) in [4.78, 5) is 11.8. The van der Waals surface area contributed by atoms with Crippen molar-refractivity contribution in [1.82, 2.24) is 4.57 Å². The number of benzene rings is 3. The zero-order valence-corrected chi connectivity index (χ0v) is 16.6. The number of nitrogens with zero attached hydrogens (tertiary/aromatic N) is 2. The molecular formula is C23H20N2O2S. The molecule has 0 aliphatic heterocycles. The minimum atomic E-state index is -0.372. The van der Waals surface area contributed by atoms with E-state index >= 15 is 0 Å². The second-order valence-electron chi connectivity index (χ2n) is 6.87. The van der Waals surface area contributed by atoms with Crippen molar-refractivity contribution in [2.24, 2.45) is 0 Å². The normalized spacial score (nSPS) is 11.1. The molecule has 0 unspecified atom stereocenters. The Bertz CT molecular complexity index is 1160. The van der Waals surface area contributed by atoms with Crippen molar-refractivity contribution in [3.63, 3.8) is 0 Å². The molecule has 28 heavy (non-hydrogen) atoms. The molecule has 0 spiro atoms. The lowest BCUT2D eigenvalue weighted by Crippen LogP contribution is -1.93. The topological polar surface area (TPSA) is 48.1 Å². The van der Waals surface area contributed by atoms with E-state index in [4.69, 9.17) is 0 Å². The number of nitro benzene ring substituents is 1. The van der Waals surface area contributed by atoms with Crippen LogP contribution in [0.1, 0.15) is 16.7 Å². The van der Waals surface area contributed by atoms with Gasteiger partial charge in [-0.1, -0.05) is 42.0 Å². The van der Waals surface area contributed by atoms with Crippen LogP contribution in [0, 0.1) is 24.0 Å². The first-order valence-corrected chi connectivity index (χ1v) is 10.1. The standard InChI is InChI=1S/C23H20N2O2S/c1-16-7-8-17(2)18(13-16)15-28-23-14-24(22-6-4-3-5-21(22)23)19-9-11-20(12-10-19)25(26)27/h3-14H,15H2,1-2H3. The first-order chi connectivity index (χ1) is 13.5. The number of rotatable bonds is 5. The van der Waals surface area contributed by atoms with Crippen molar-refractivity contribution >= 4 is 28.4 Å². The van der Waals surface area contributed by atoms with Gasteiger partial charge in [-0.15, -0.1) is 11.8 Å². The van der Waals surface area contributed by atoms with Gasteiger partial charge in [-0.2, -0.15) is 0 Å². The number of aromatic nitrogens is 1. The predicted molar refractivity (Wildman–Crippen MR) is 115 cm³/mol. The minimum absolute atomic E-state index is 0.102. The summed E-state index contributed by atoms with van der Waals surface area (Å²) in [5.74, 6) is 0.905. The van der Waals surface area contributed by atoms with Crippen molar-refractivity contribution in [2.45, 2.75) is 24.5 Å². The fourth-order valence-corrected chi connectivity index (χ4v) is 4.45. The van der Waals surface area contributed by atoms with Crippen LogP contribution >= 0.6 is 11.8 Å². The molecule has 0 saturated carbocycles. The molecule has 0 saturated heterocycles. The van der Waals surface area contributed by atoms with Crippen LogP contribution in [-0.2, 0) is 5.75 Å². The maximum atomic E-state index is 10.9. The Hall–Kier alpha value is -3.05. The smallest absolute Gasteiger partial charge is 0.269 e. The summed E-state index contributed by atoms with van der Waals surface area (Å²) < 4.78 is 2.10.